The zero-order valence-corrected chi connectivity index (χ0v) is 9.90. The lowest BCUT2D eigenvalue weighted by atomic mass is 9.97. The van der Waals surface area contributed by atoms with Crippen LogP contribution >= 0.6 is 0 Å². The van der Waals surface area contributed by atoms with Gasteiger partial charge in [0.2, 0.25) is 0 Å². The molecule has 15 heavy (non-hydrogen) atoms. The Morgan fingerprint density at radius 1 is 1.53 bits per heavy atom. The first-order chi connectivity index (χ1) is 7.11. The number of nitrogens with zero attached hydrogens (tertiary/aromatic N) is 2. The average Bonchev–Trinajstić information content (AvgIpc) is 2.58. The highest BCUT2D eigenvalue weighted by atomic mass is 15.3. The van der Waals surface area contributed by atoms with Crippen molar-refractivity contribution in [2.45, 2.75) is 20.3 Å². The smallest absolute Gasteiger partial charge is 0.0726 e. The van der Waals surface area contributed by atoms with Crippen molar-refractivity contribution in [3.63, 3.8) is 0 Å². The standard InChI is InChI=1S/C11H22N4/c1-9(2)4-10(5-12)6-13-11-7-14-15(3)8-11/h7-10,13H,4-6,12H2,1-3H3. The van der Waals surface area contributed by atoms with Gasteiger partial charge in [0.25, 0.3) is 0 Å². The topological polar surface area (TPSA) is 55.9 Å². The van der Waals surface area contributed by atoms with Crippen LogP contribution in [0.1, 0.15) is 20.3 Å². The van der Waals surface area contributed by atoms with Crippen molar-refractivity contribution in [1.82, 2.24) is 9.78 Å². The Morgan fingerprint density at radius 2 is 2.27 bits per heavy atom. The van der Waals surface area contributed by atoms with Crippen molar-refractivity contribution >= 4 is 5.69 Å². The van der Waals surface area contributed by atoms with Gasteiger partial charge in [-0.1, -0.05) is 13.8 Å². The van der Waals surface area contributed by atoms with E-state index in [4.69, 9.17) is 5.73 Å². The van der Waals surface area contributed by atoms with Crippen LogP contribution in [0.4, 0.5) is 5.69 Å². The lowest BCUT2D eigenvalue weighted by Crippen LogP contribution is -2.24. The summed E-state index contributed by atoms with van der Waals surface area (Å²) in [4.78, 5) is 0. The van der Waals surface area contributed by atoms with E-state index in [0.29, 0.717) is 11.8 Å². The van der Waals surface area contributed by atoms with Crippen LogP contribution in [0.5, 0.6) is 0 Å². The minimum absolute atomic E-state index is 0.546. The average molecular weight is 210 g/mol. The van der Waals surface area contributed by atoms with E-state index in [1.54, 1.807) is 4.68 Å². The lowest BCUT2D eigenvalue weighted by Gasteiger charge is -2.17. The van der Waals surface area contributed by atoms with Crippen LogP contribution < -0.4 is 11.1 Å². The molecule has 0 aromatic carbocycles. The Hall–Kier alpha value is -1.03. The Bertz CT molecular complexity index is 280. The largest absolute Gasteiger partial charge is 0.382 e. The van der Waals surface area contributed by atoms with Crippen LogP contribution in [0, 0.1) is 11.8 Å². The second-order valence-corrected chi connectivity index (χ2v) is 4.51. The third-order valence-electron chi connectivity index (χ3n) is 2.44. The molecule has 0 saturated carbocycles. The summed E-state index contributed by atoms with van der Waals surface area (Å²) in [7, 11) is 1.92. The van der Waals surface area contributed by atoms with E-state index in [0.717, 1.165) is 18.8 Å². The predicted molar refractivity (Wildman–Crippen MR) is 63.7 cm³/mol. The van der Waals surface area contributed by atoms with Crippen molar-refractivity contribution < 1.29 is 0 Å². The van der Waals surface area contributed by atoms with Crippen molar-refractivity contribution in [3.05, 3.63) is 12.4 Å². The second-order valence-electron chi connectivity index (χ2n) is 4.51. The number of rotatable bonds is 6. The molecule has 0 fully saturated rings. The molecule has 4 heteroatoms. The molecule has 1 atom stereocenters. The molecule has 0 amide bonds. The number of anilines is 1. The quantitative estimate of drug-likeness (QED) is 0.747. The zero-order valence-electron chi connectivity index (χ0n) is 9.90. The molecule has 4 nitrogen and oxygen atoms in total. The lowest BCUT2D eigenvalue weighted by molar-refractivity contribution is 0.433. The predicted octanol–water partition coefficient (Wildman–Crippen LogP) is 1.45. The van der Waals surface area contributed by atoms with E-state index in [9.17, 15) is 0 Å². The highest BCUT2D eigenvalue weighted by Gasteiger charge is 2.08. The van der Waals surface area contributed by atoms with Crippen molar-refractivity contribution in [1.29, 1.82) is 0 Å². The van der Waals surface area contributed by atoms with Crippen molar-refractivity contribution in [2.75, 3.05) is 18.4 Å². The molecule has 1 aromatic rings. The first kappa shape index (κ1) is 12.0. The summed E-state index contributed by atoms with van der Waals surface area (Å²) >= 11 is 0. The number of hydrogen-bond donors (Lipinski definition) is 2. The minimum atomic E-state index is 0.546. The zero-order chi connectivity index (χ0) is 11.3. The van der Waals surface area contributed by atoms with Crippen LogP contribution in [0.25, 0.3) is 0 Å². The van der Waals surface area contributed by atoms with Gasteiger partial charge in [-0.3, -0.25) is 4.68 Å². The molecule has 0 aliphatic rings. The fourth-order valence-corrected chi connectivity index (χ4v) is 1.70. The van der Waals surface area contributed by atoms with Crippen LogP contribution in [-0.4, -0.2) is 22.9 Å². The molecule has 0 bridgehead atoms. The Morgan fingerprint density at radius 3 is 2.73 bits per heavy atom. The molecule has 3 N–H and O–H groups in total. The third kappa shape index (κ3) is 4.34. The van der Waals surface area contributed by atoms with Gasteiger partial charge in [-0.05, 0) is 24.8 Å². The van der Waals surface area contributed by atoms with Gasteiger partial charge >= 0.3 is 0 Å². The molecule has 1 aromatic heterocycles. The molecule has 86 valence electrons. The summed E-state index contributed by atoms with van der Waals surface area (Å²) in [5, 5.41) is 7.46. The van der Waals surface area contributed by atoms with E-state index in [1.807, 2.05) is 19.4 Å². The molecule has 1 unspecified atom stereocenters. The van der Waals surface area contributed by atoms with Gasteiger partial charge in [0.1, 0.15) is 0 Å². The maximum Gasteiger partial charge on any atom is 0.0726 e. The molecule has 0 spiro atoms. The molecule has 0 saturated heterocycles. The summed E-state index contributed by atoms with van der Waals surface area (Å²) in [6, 6.07) is 0. The second kappa shape index (κ2) is 5.75. The number of nitrogens with two attached hydrogens (primary N) is 1. The van der Waals surface area contributed by atoms with Crippen LogP contribution in [0.15, 0.2) is 12.4 Å². The Balaban J connectivity index is 2.34. The summed E-state index contributed by atoms with van der Waals surface area (Å²) < 4.78 is 1.79. The van der Waals surface area contributed by atoms with Gasteiger partial charge < -0.3 is 11.1 Å². The molecule has 0 aliphatic carbocycles. The fraction of sp³-hybridized carbons (Fsp3) is 0.727. The van der Waals surface area contributed by atoms with Gasteiger partial charge in [-0.15, -0.1) is 0 Å². The highest BCUT2D eigenvalue weighted by Crippen LogP contribution is 2.12. The number of aryl methyl sites for hydroxylation is 1. The van der Waals surface area contributed by atoms with Crippen LogP contribution in [0.2, 0.25) is 0 Å². The number of nitrogens with one attached hydrogen (secondary N) is 1. The third-order valence-corrected chi connectivity index (χ3v) is 2.44. The normalized spacial score (nSPS) is 13.1. The maximum absolute atomic E-state index is 5.73. The minimum Gasteiger partial charge on any atom is -0.382 e. The molecular formula is C11H22N4. The Labute approximate surface area is 91.8 Å². The van der Waals surface area contributed by atoms with E-state index < -0.39 is 0 Å². The number of hydrogen-bond acceptors (Lipinski definition) is 3. The summed E-state index contributed by atoms with van der Waals surface area (Å²) in [6.07, 6.45) is 4.98. The van der Waals surface area contributed by atoms with Crippen LogP contribution in [0.3, 0.4) is 0 Å². The van der Waals surface area contributed by atoms with Gasteiger partial charge in [-0.25, -0.2) is 0 Å². The first-order valence-electron chi connectivity index (χ1n) is 5.54. The van der Waals surface area contributed by atoms with Gasteiger partial charge in [0.15, 0.2) is 0 Å². The highest BCUT2D eigenvalue weighted by molar-refractivity contribution is 5.37. The van der Waals surface area contributed by atoms with E-state index in [1.165, 1.54) is 6.42 Å². The van der Waals surface area contributed by atoms with Crippen molar-refractivity contribution in [3.8, 4) is 0 Å². The first-order valence-corrected chi connectivity index (χ1v) is 5.54. The fourth-order valence-electron chi connectivity index (χ4n) is 1.70. The molecule has 0 aliphatic heterocycles. The molecule has 1 heterocycles. The molecule has 0 radical (unpaired) electrons. The molecular weight excluding hydrogens is 188 g/mol. The van der Waals surface area contributed by atoms with E-state index in [2.05, 4.69) is 24.3 Å². The summed E-state index contributed by atoms with van der Waals surface area (Å²) in [6.45, 7) is 6.13. The summed E-state index contributed by atoms with van der Waals surface area (Å²) in [5.41, 5.74) is 6.80. The van der Waals surface area contributed by atoms with Gasteiger partial charge in [0, 0.05) is 19.8 Å². The number of aromatic nitrogens is 2. The molecule has 1 rings (SSSR count). The van der Waals surface area contributed by atoms with Gasteiger partial charge in [0.05, 0.1) is 11.9 Å². The van der Waals surface area contributed by atoms with Gasteiger partial charge in [-0.2, -0.15) is 5.10 Å². The monoisotopic (exact) mass is 210 g/mol. The van der Waals surface area contributed by atoms with E-state index >= 15 is 0 Å². The SMILES string of the molecule is CC(C)CC(CN)CNc1cnn(C)c1. The Kier molecular flexibility index (Phi) is 4.62. The summed E-state index contributed by atoms with van der Waals surface area (Å²) in [5.74, 6) is 1.25. The van der Waals surface area contributed by atoms with Crippen LogP contribution in [-0.2, 0) is 7.05 Å². The maximum atomic E-state index is 5.73. The van der Waals surface area contributed by atoms with E-state index in [-0.39, 0.29) is 0 Å². The van der Waals surface area contributed by atoms with Crippen molar-refractivity contribution in [2.24, 2.45) is 24.6 Å².